The molecular formula is C15H20OSi. The molecule has 0 aliphatic carbocycles. The van der Waals surface area contributed by atoms with Crippen molar-refractivity contribution in [2.45, 2.75) is 32.2 Å². The van der Waals surface area contributed by atoms with Gasteiger partial charge in [-0.2, -0.15) is 0 Å². The fraction of sp³-hybridized carbons (Fsp3) is 0.333. The smallest absolute Gasteiger partial charge is 0.118 e. The van der Waals surface area contributed by atoms with E-state index in [-0.39, 0.29) is 0 Å². The van der Waals surface area contributed by atoms with Crippen molar-refractivity contribution in [2.24, 2.45) is 0 Å². The third kappa shape index (κ3) is 6.78. The molecule has 0 aromatic heterocycles. The first-order chi connectivity index (χ1) is 7.97. The number of aliphatic hydroxyl groups is 1. The number of aliphatic hydroxyl groups excluding tert-OH is 1. The SMILES string of the molecule is C[Si](C)(C)C=CC[C@@H](O)C#Cc1ccccc1. The van der Waals surface area contributed by atoms with Crippen LogP contribution in [-0.4, -0.2) is 19.3 Å². The maximum atomic E-state index is 9.70. The van der Waals surface area contributed by atoms with E-state index >= 15 is 0 Å². The van der Waals surface area contributed by atoms with Crippen LogP contribution in [0.4, 0.5) is 0 Å². The highest BCUT2D eigenvalue weighted by Gasteiger charge is 2.06. The van der Waals surface area contributed by atoms with Crippen LogP contribution in [0.15, 0.2) is 42.1 Å². The molecule has 0 saturated heterocycles. The molecule has 0 radical (unpaired) electrons. The second-order valence-electron chi connectivity index (χ2n) is 5.16. The second-order valence-corrected chi connectivity index (χ2v) is 10.2. The van der Waals surface area contributed by atoms with Gasteiger partial charge in [-0.25, -0.2) is 0 Å². The maximum Gasteiger partial charge on any atom is 0.118 e. The summed E-state index contributed by atoms with van der Waals surface area (Å²) in [6.45, 7) is 6.81. The van der Waals surface area contributed by atoms with E-state index in [0.29, 0.717) is 6.42 Å². The van der Waals surface area contributed by atoms with E-state index in [1.54, 1.807) is 0 Å². The van der Waals surface area contributed by atoms with Crippen LogP contribution in [-0.2, 0) is 0 Å². The van der Waals surface area contributed by atoms with E-state index in [4.69, 9.17) is 0 Å². The average Bonchev–Trinajstić information content (AvgIpc) is 2.26. The molecule has 0 spiro atoms. The van der Waals surface area contributed by atoms with Crippen molar-refractivity contribution in [1.82, 2.24) is 0 Å². The first-order valence-electron chi connectivity index (χ1n) is 5.90. The second kappa shape index (κ2) is 6.44. The first kappa shape index (κ1) is 13.8. The summed E-state index contributed by atoms with van der Waals surface area (Å²) in [5.74, 6) is 5.82. The third-order valence-corrected chi connectivity index (χ3v) is 3.37. The van der Waals surface area contributed by atoms with E-state index in [2.05, 4.69) is 43.3 Å². The molecule has 0 amide bonds. The third-order valence-electron chi connectivity index (χ3n) is 2.13. The minimum Gasteiger partial charge on any atom is -0.380 e. The lowest BCUT2D eigenvalue weighted by Crippen LogP contribution is -2.15. The predicted molar refractivity (Wildman–Crippen MR) is 76.4 cm³/mol. The normalized spacial score (nSPS) is 13.2. The summed E-state index contributed by atoms with van der Waals surface area (Å²) in [7, 11) is -1.15. The Balaban J connectivity index is 2.48. The molecule has 17 heavy (non-hydrogen) atoms. The summed E-state index contributed by atoms with van der Waals surface area (Å²) >= 11 is 0. The highest BCUT2D eigenvalue weighted by Crippen LogP contribution is 2.04. The van der Waals surface area contributed by atoms with Crippen LogP contribution in [0, 0.1) is 11.8 Å². The van der Waals surface area contributed by atoms with Crippen molar-refractivity contribution in [3.8, 4) is 11.8 Å². The molecule has 90 valence electrons. The van der Waals surface area contributed by atoms with Crippen LogP contribution in [0.1, 0.15) is 12.0 Å². The Morgan fingerprint density at radius 2 is 1.88 bits per heavy atom. The highest BCUT2D eigenvalue weighted by molar-refractivity contribution is 6.80. The van der Waals surface area contributed by atoms with Gasteiger partial charge in [0.2, 0.25) is 0 Å². The van der Waals surface area contributed by atoms with Gasteiger partial charge in [0.1, 0.15) is 6.10 Å². The largest absolute Gasteiger partial charge is 0.380 e. The van der Waals surface area contributed by atoms with Crippen LogP contribution >= 0.6 is 0 Å². The molecule has 1 aromatic carbocycles. The molecule has 2 heteroatoms. The molecule has 0 fully saturated rings. The molecule has 1 N–H and O–H groups in total. The molecule has 0 aliphatic heterocycles. The minimum atomic E-state index is -1.15. The zero-order chi connectivity index (χ0) is 12.7. The predicted octanol–water partition coefficient (Wildman–Crippen LogP) is 3.22. The van der Waals surface area contributed by atoms with Crippen molar-refractivity contribution < 1.29 is 5.11 Å². The van der Waals surface area contributed by atoms with Gasteiger partial charge in [0, 0.05) is 12.0 Å². The van der Waals surface area contributed by atoms with Crippen LogP contribution in [0.25, 0.3) is 0 Å². The van der Waals surface area contributed by atoms with E-state index in [0.717, 1.165) is 5.56 Å². The number of hydrogen-bond donors (Lipinski definition) is 1. The zero-order valence-corrected chi connectivity index (χ0v) is 11.8. The molecule has 0 bridgehead atoms. The summed E-state index contributed by atoms with van der Waals surface area (Å²) in [4.78, 5) is 0. The molecular weight excluding hydrogens is 224 g/mol. The van der Waals surface area contributed by atoms with Gasteiger partial charge in [0.15, 0.2) is 0 Å². The number of benzene rings is 1. The van der Waals surface area contributed by atoms with Crippen molar-refractivity contribution in [1.29, 1.82) is 0 Å². The van der Waals surface area contributed by atoms with Gasteiger partial charge in [-0.05, 0) is 12.1 Å². The molecule has 0 aliphatic rings. The zero-order valence-electron chi connectivity index (χ0n) is 10.8. The Morgan fingerprint density at radius 1 is 1.24 bits per heavy atom. The van der Waals surface area contributed by atoms with Crippen LogP contribution in [0.2, 0.25) is 19.6 Å². The van der Waals surface area contributed by atoms with Gasteiger partial charge < -0.3 is 5.11 Å². The number of hydrogen-bond acceptors (Lipinski definition) is 1. The van der Waals surface area contributed by atoms with Crippen molar-refractivity contribution >= 4 is 8.07 Å². The van der Waals surface area contributed by atoms with Crippen LogP contribution in [0.3, 0.4) is 0 Å². The maximum absolute atomic E-state index is 9.70. The summed E-state index contributed by atoms with van der Waals surface area (Å²) in [6.07, 6.45) is 2.10. The molecule has 0 saturated carbocycles. The molecule has 1 aromatic rings. The first-order valence-corrected chi connectivity index (χ1v) is 9.47. The topological polar surface area (TPSA) is 20.2 Å². The summed E-state index contributed by atoms with van der Waals surface area (Å²) in [5, 5.41) is 9.70. The van der Waals surface area contributed by atoms with E-state index in [1.165, 1.54) is 0 Å². The molecule has 1 rings (SSSR count). The Morgan fingerprint density at radius 3 is 2.47 bits per heavy atom. The van der Waals surface area contributed by atoms with E-state index in [9.17, 15) is 5.11 Å². The Kier molecular flexibility index (Phi) is 5.21. The molecule has 0 unspecified atom stereocenters. The van der Waals surface area contributed by atoms with Crippen LogP contribution in [0.5, 0.6) is 0 Å². The lowest BCUT2D eigenvalue weighted by Gasteiger charge is -2.08. The van der Waals surface area contributed by atoms with Gasteiger partial charge in [0.25, 0.3) is 0 Å². The van der Waals surface area contributed by atoms with Crippen molar-refractivity contribution in [3.63, 3.8) is 0 Å². The Hall–Kier alpha value is -1.30. The minimum absolute atomic E-state index is 0.567. The van der Waals surface area contributed by atoms with Gasteiger partial charge in [-0.3, -0.25) is 0 Å². The average molecular weight is 244 g/mol. The summed E-state index contributed by atoms with van der Waals surface area (Å²) in [6, 6.07) is 9.73. The van der Waals surface area contributed by atoms with Gasteiger partial charge in [-0.15, -0.1) is 0 Å². The monoisotopic (exact) mass is 244 g/mol. The lowest BCUT2D eigenvalue weighted by molar-refractivity contribution is 0.236. The Labute approximate surface area is 105 Å². The molecule has 0 heterocycles. The highest BCUT2D eigenvalue weighted by atomic mass is 28.3. The van der Waals surface area contributed by atoms with Crippen molar-refractivity contribution in [2.75, 3.05) is 0 Å². The van der Waals surface area contributed by atoms with Crippen LogP contribution < -0.4 is 0 Å². The summed E-state index contributed by atoms with van der Waals surface area (Å²) < 4.78 is 0. The quantitative estimate of drug-likeness (QED) is 0.639. The standard InChI is InChI=1S/C15H20OSi/c1-17(2,3)13-7-10-15(16)12-11-14-8-5-4-6-9-14/h4-9,13,15-16H,10H2,1-3H3/t15-/m1/s1. The van der Waals surface area contributed by atoms with Gasteiger partial charge in [0.05, 0.1) is 8.07 Å². The van der Waals surface area contributed by atoms with Crippen molar-refractivity contribution in [3.05, 3.63) is 47.7 Å². The van der Waals surface area contributed by atoms with Gasteiger partial charge >= 0.3 is 0 Å². The lowest BCUT2D eigenvalue weighted by atomic mass is 10.2. The summed E-state index contributed by atoms with van der Waals surface area (Å²) in [5.41, 5.74) is 3.18. The fourth-order valence-corrected chi connectivity index (χ4v) is 2.14. The fourth-order valence-electron chi connectivity index (χ4n) is 1.30. The van der Waals surface area contributed by atoms with Gasteiger partial charge in [-0.1, -0.05) is 61.5 Å². The number of rotatable bonds is 3. The Bertz CT molecular complexity index is 418. The van der Waals surface area contributed by atoms with E-state index < -0.39 is 14.2 Å². The van der Waals surface area contributed by atoms with E-state index in [1.807, 2.05) is 30.3 Å². The molecule has 1 nitrogen and oxygen atoms in total. The molecule has 1 atom stereocenters.